The Kier molecular flexibility index (Phi) is 3.80. The van der Waals surface area contributed by atoms with Crippen LogP contribution in [-0.2, 0) is 13.1 Å². The second-order valence-corrected chi connectivity index (χ2v) is 6.00. The molecule has 2 aromatic heterocycles. The van der Waals surface area contributed by atoms with Crippen LogP contribution in [0.2, 0.25) is 0 Å². The summed E-state index contributed by atoms with van der Waals surface area (Å²) in [6.45, 7) is 3.03. The highest BCUT2D eigenvalue weighted by Crippen LogP contribution is 2.28. The van der Waals surface area contributed by atoms with Crippen molar-refractivity contribution < 1.29 is 4.52 Å². The van der Waals surface area contributed by atoms with E-state index in [1.54, 1.807) is 0 Å². The molecule has 1 aliphatic heterocycles. The molecule has 0 radical (unpaired) electrons. The van der Waals surface area contributed by atoms with E-state index in [4.69, 9.17) is 15.2 Å². The van der Waals surface area contributed by atoms with Crippen molar-refractivity contribution in [1.29, 1.82) is 0 Å². The summed E-state index contributed by atoms with van der Waals surface area (Å²) in [5.41, 5.74) is 7.65. The molecule has 1 aromatic carbocycles. The molecule has 7 nitrogen and oxygen atoms in total. The molecule has 3 aromatic rings. The highest BCUT2D eigenvalue weighted by molar-refractivity contribution is 5.74. The van der Waals surface area contributed by atoms with E-state index in [1.165, 1.54) is 0 Å². The molecule has 1 saturated heterocycles. The highest BCUT2D eigenvalue weighted by Gasteiger charge is 2.24. The fourth-order valence-electron chi connectivity index (χ4n) is 3.17. The first kappa shape index (κ1) is 14.3. The van der Waals surface area contributed by atoms with Crippen LogP contribution in [0.25, 0.3) is 11.0 Å². The van der Waals surface area contributed by atoms with Crippen molar-refractivity contribution in [3.63, 3.8) is 0 Å². The number of hydrogen-bond acceptors (Lipinski definition) is 6. The van der Waals surface area contributed by atoms with Crippen molar-refractivity contribution in [2.24, 2.45) is 5.73 Å². The van der Waals surface area contributed by atoms with Crippen LogP contribution in [0.15, 0.2) is 28.8 Å². The fraction of sp³-hybridized carbons (Fsp3) is 0.438. The number of nitrogens with one attached hydrogen (secondary N) is 1. The Morgan fingerprint density at radius 1 is 1.22 bits per heavy atom. The van der Waals surface area contributed by atoms with Crippen molar-refractivity contribution in [1.82, 2.24) is 25.0 Å². The number of aromatic nitrogens is 4. The number of fused-ring (bicyclic) bond motifs is 1. The van der Waals surface area contributed by atoms with Gasteiger partial charge in [-0.2, -0.15) is 4.98 Å². The average Bonchev–Trinajstić information content (AvgIpc) is 3.21. The number of piperidine rings is 1. The largest absolute Gasteiger partial charge is 0.342 e. The first-order valence-corrected chi connectivity index (χ1v) is 8.00. The van der Waals surface area contributed by atoms with Crippen molar-refractivity contribution in [3.8, 4) is 0 Å². The lowest BCUT2D eigenvalue weighted by Gasteiger charge is -2.30. The average molecular weight is 312 g/mol. The predicted molar refractivity (Wildman–Crippen MR) is 85.5 cm³/mol. The van der Waals surface area contributed by atoms with Gasteiger partial charge in [0.05, 0.1) is 24.1 Å². The van der Waals surface area contributed by atoms with Gasteiger partial charge in [-0.3, -0.25) is 4.90 Å². The molecular formula is C16H20N6O. The zero-order valence-electron chi connectivity index (χ0n) is 12.9. The Hall–Kier alpha value is -2.25. The van der Waals surface area contributed by atoms with Gasteiger partial charge in [0.15, 0.2) is 5.82 Å². The third-order valence-corrected chi connectivity index (χ3v) is 4.43. The number of imidazole rings is 1. The minimum absolute atomic E-state index is 0.293. The molecule has 0 saturated carbocycles. The summed E-state index contributed by atoms with van der Waals surface area (Å²) in [4.78, 5) is 14.8. The van der Waals surface area contributed by atoms with E-state index in [1.807, 2.05) is 12.1 Å². The number of nitrogens with two attached hydrogens (primary N) is 1. The highest BCUT2D eigenvalue weighted by atomic mass is 16.5. The van der Waals surface area contributed by atoms with E-state index in [2.05, 4.69) is 32.2 Å². The second kappa shape index (κ2) is 6.10. The number of aromatic amines is 1. The molecule has 120 valence electrons. The van der Waals surface area contributed by atoms with Gasteiger partial charge in [-0.15, -0.1) is 0 Å². The third-order valence-electron chi connectivity index (χ3n) is 4.43. The van der Waals surface area contributed by atoms with Gasteiger partial charge < -0.3 is 15.2 Å². The van der Waals surface area contributed by atoms with Crippen LogP contribution in [0.3, 0.4) is 0 Å². The number of hydrogen-bond donors (Lipinski definition) is 2. The van der Waals surface area contributed by atoms with E-state index in [9.17, 15) is 0 Å². The molecule has 0 unspecified atom stereocenters. The molecule has 0 amide bonds. The summed E-state index contributed by atoms with van der Waals surface area (Å²) >= 11 is 0. The van der Waals surface area contributed by atoms with Gasteiger partial charge in [0.25, 0.3) is 0 Å². The zero-order chi connectivity index (χ0) is 15.6. The Balaban J connectivity index is 1.38. The summed E-state index contributed by atoms with van der Waals surface area (Å²) in [5, 5.41) is 3.96. The van der Waals surface area contributed by atoms with E-state index < -0.39 is 0 Å². The molecule has 23 heavy (non-hydrogen) atoms. The van der Waals surface area contributed by atoms with Crippen molar-refractivity contribution >= 4 is 11.0 Å². The third kappa shape index (κ3) is 2.97. The minimum Gasteiger partial charge on any atom is -0.342 e. The van der Waals surface area contributed by atoms with Crippen molar-refractivity contribution in [2.45, 2.75) is 31.8 Å². The van der Waals surface area contributed by atoms with Crippen LogP contribution >= 0.6 is 0 Å². The van der Waals surface area contributed by atoms with Crippen LogP contribution in [-0.4, -0.2) is 38.1 Å². The van der Waals surface area contributed by atoms with Crippen LogP contribution in [0, 0.1) is 0 Å². The quantitative estimate of drug-likeness (QED) is 0.762. The maximum Gasteiger partial charge on any atom is 0.240 e. The van der Waals surface area contributed by atoms with Crippen molar-refractivity contribution in [3.05, 3.63) is 41.8 Å². The van der Waals surface area contributed by atoms with Crippen LogP contribution in [0.4, 0.5) is 0 Å². The van der Waals surface area contributed by atoms with Gasteiger partial charge in [0.2, 0.25) is 5.89 Å². The molecule has 0 aliphatic carbocycles. The van der Waals surface area contributed by atoms with Crippen molar-refractivity contribution in [2.75, 3.05) is 13.1 Å². The minimum atomic E-state index is 0.293. The van der Waals surface area contributed by atoms with Crippen LogP contribution in [0.5, 0.6) is 0 Å². The van der Waals surface area contributed by atoms with Crippen LogP contribution < -0.4 is 5.73 Å². The molecular weight excluding hydrogens is 292 g/mol. The first-order valence-electron chi connectivity index (χ1n) is 8.00. The maximum absolute atomic E-state index is 5.49. The van der Waals surface area contributed by atoms with Crippen LogP contribution in [0.1, 0.15) is 36.3 Å². The molecule has 3 N–H and O–H groups in total. The Labute approximate surface area is 133 Å². The number of rotatable bonds is 4. The molecule has 1 fully saturated rings. The van der Waals surface area contributed by atoms with E-state index in [-0.39, 0.29) is 0 Å². The number of para-hydroxylation sites is 2. The monoisotopic (exact) mass is 312 g/mol. The van der Waals surface area contributed by atoms with Gasteiger partial charge in [-0.25, -0.2) is 4.98 Å². The van der Waals surface area contributed by atoms with Gasteiger partial charge in [-0.1, -0.05) is 17.3 Å². The molecule has 0 spiro atoms. The molecule has 0 atom stereocenters. The molecule has 1 aliphatic rings. The summed E-state index contributed by atoms with van der Waals surface area (Å²) in [6.07, 6.45) is 2.17. The lowest BCUT2D eigenvalue weighted by atomic mass is 9.96. The Bertz CT molecular complexity index is 754. The van der Waals surface area contributed by atoms with E-state index in [0.717, 1.165) is 49.3 Å². The summed E-state index contributed by atoms with van der Waals surface area (Å²) < 4.78 is 5.05. The van der Waals surface area contributed by atoms with E-state index >= 15 is 0 Å². The number of nitrogens with zero attached hydrogens (tertiary/aromatic N) is 4. The summed E-state index contributed by atoms with van der Waals surface area (Å²) in [7, 11) is 0. The molecule has 3 heterocycles. The fourth-order valence-corrected chi connectivity index (χ4v) is 3.17. The SMILES string of the molecule is NCc1nc(CN2CCC(c3nc4ccccc4[nH]3)CC2)no1. The van der Waals surface area contributed by atoms with Gasteiger partial charge in [0.1, 0.15) is 5.82 Å². The second-order valence-electron chi connectivity index (χ2n) is 6.00. The predicted octanol–water partition coefficient (Wildman–Crippen LogP) is 1.78. The first-order chi connectivity index (χ1) is 11.3. The number of H-pyrrole nitrogens is 1. The smallest absolute Gasteiger partial charge is 0.240 e. The Morgan fingerprint density at radius 3 is 2.78 bits per heavy atom. The zero-order valence-corrected chi connectivity index (χ0v) is 12.9. The Morgan fingerprint density at radius 2 is 2.04 bits per heavy atom. The number of benzene rings is 1. The summed E-state index contributed by atoms with van der Waals surface area (Å²) in [5.74, 6) is 2.81. The molecule has 7 heteroatoms. The normalized spacial score (nSPS) is 17.1. The van der Waals surface area contributed by atoms with Gasteiger partial charge in [-0.05, 0) is 38.1 Å². The standard InChI is InChI=1S/C16H20N6O/c17-9-15-20-14(21-23-15)10-22-7-5-11(6-8-22)16-18-12-3-1-2-4-13(12)19-16/h1-4,11H,5-10,17H2,(H,18,19). The molecule has 4 rings (SSSR count). The van der Waals surface area contributed by atoms with Gasteiger partial charge in [0, 0.05) is 5.92 Å². The lowest BCUT2D eigenvalue weighted by Crippen LogP contribution is -2.33. The maximum atomic E-state index is 5.49. The lowest BCUT2D eigenvalue weighted by molar-refractivity contribution is 0.195. The topological polar surface area (TPSA) is 96.9 Å². The van der Waals surface area contributed by atoms with Gasteiger partial charge >= 0.3 is 0 Å². The number of likely N-dealkylation sites (tertiary alicyclic amines) is 1. The molecule has 0 bridgehead atoms. The summed E-state index contributed by atoms with van der Waals surface area (Å²) in [6, 6.07) is 8.19. The van der Waals surface area contributed by atoms with E-state index in [0.29, 0.717) is 24.2 Å².